The average molecular weight is 352 g/mol. The van der Waals surface area contributed by atoms with Gasteiger partial charge in [-0.15, -0.1) is 0 Å². The molecule has 2 aliphatic heterocycles. The van der Waals surface area contributed by atoms with Crippen LogP contribution in [0.2, 0.25) is 0 Å². The minimum Gasteiger partial charge on any atom is -0.373 e. The summed E-state index contributed by atoms with van der Waals surface area (Å²) in [5.74, 6) is -0.344. The summed E-state index contributed by atoms with van der Waals surface area (Å²) in [4.78, 5) is 12.4. The quantitative estimate of drug-likeness (QED) is 0.541. The highest BCUT2D eigenvalue weighted by molar-refractivity contribution is 5.87. The first-order valence-corrected chi connectivity index (χ1v) is 8.16. The molecule has 2 saturated heterocycles. The van der Waals surface area contributed by atoms with Gasteiger partial charge in [0.15, 0.2) is 5.78 Å². The summed E-state index contributed by atoms with van der Waals surface area (Å²) in [7, 11) is 1.50. The Morgan fingerprint density at radius 2 is 2.04 bits per heavy atom. The van der Waals surface area contributed by atoms with Crippen LogP contribution < -0.4 is 0 Å². The van der Waals surface area contributed by atoms with Crippen molar-refractivity contribution in [3.05, 3.63) is 0 Å². The number of rotatable bonds is 6. The maximum atomic E-state index is 12.4. The molecule has 6 atom stereocenters. The number of ether oxygens (including phenoxy) is 4. The maximum Gasteiger partial charge on any atom is 0.411 e. The van der Waals surface area contributed by atoms with E-state index < -0.39 is 30.1 Å². The monoisotopic (exact) mass is 352 g/mol. The molecule has 3 aliphatic rings. The van der Waals surface area contributed by atoms with Gasteiger partial charge in [0.25, 0.3) is 0 Å². The van der Waals surface area contributed by atoms with Crippen LogP contribution in [0, 0.1) is 11.8 Å². The Morgan fingerprint density at radius 1 is 1.38 bits per heavy atom. The molecule has 0 bridgehead atoms. The van der Waals surface area contributed by atoms with Gasteiger partial charge in [0.05, 0.1) is 18.6 Å². The molecule has 0 radical (unpaired) electrons. The zero-order valence-corrected chi connectivity index (χ0v) is 14.0. The zero-order chi connectivity index (χ0) is 17.8. The van der Waals surface area contributed by atoms with Gasteiger partial charge in [0.2, 0.25) is 0 Å². The first-order chi connectivity index (χ1) is 11.1. The van der Waals surface area contributed by atoms with Crippen LogP contribution >= 0.6 is 0 Å². The average Bonchev–Trinajstić information content (AvgIpc) is 3.37. The number of halogens is 3. The van der Waals surface area contributed by atoms with Crippen LogP contribution in [0.4, 0.5) is 13.2 Å². The predicted octanol–water partition coefficient (Wildman–Crippen LogP) is 2.12. The summed E-state index contributed by atoms with van der Waals surface area (Å²) < 4.78 is 57.9. The summed E-state index contributed by atoms with van der Waals surface area (Å²) in [6, 6.07) is 0. The van der Waals surface area contributed by atoms with E-state index in [1.165, 1.54) is 7.11 Å². The van der Waals surface area contributed by atoms with Crippen LogP contribution in [0.25, 0.3) is 0 Å². The van der Waals surface area contributed by atoms with Gasteiger partial charge in [-0.2, -0.15) is 13.2 Å². The Kier molecular flexibility index (Phi) is 4.47. The molecule has 0 aromatic carbocycles. The lowest BCUT2D eigenvalue weighted by Crippen LogP contribution is -2.55. The molecule has 3 fully saturated rings. The summed E-state index contributed by atoms with van der Waals surface area (Å²) in [6.07, 6.45) is -4.21. The first-order valence-electron chi connectivity index (χ1n) is 8.16. The SMILES string of the molecule is CO[C@@H]1C(=O)[C@H](C)C[C@]2(CO2)[C@H]1[C@]1(C)O[C@@H]1CCOCC(F)(F)F. The number of Topliss-reactive ketones (excluding diaryl/α,β-unsaturated/α-hetero) is 1. The lowest BCUT2D eigenvalue weighted by molar-refractivity contribution is -0.174. The van der Waals surface area contributed by atoms with Crippen molar-refractivity contribution in [3.63, 3.8) is 0 Å². The van der Waals surface area contributed by atoms with Gasteiger partial charge in [-0.25, -0.2) is 0 Å². The van der Waals surface area contributed by atoms with Crippen LogP contribution in [-0.2, 0) is 23.7 Å². The Bertz CT molecular complexity index is 504. The fraction of sp³-hybridized carbons (Fsp3) is 0.938. The van der Waals surface area contributed by atoms with Crippen LogP contribution in [-0.4, -0.2) is 62.3 Å². The maximum absolute atomic E-state index is 12.4. The number of carbonyl (C=O) groups excluding carboxylic acids is 1. The third-order valence-corrected chi connectivity index (χ3v) is 5.44. The van der Waals surface area contributed by atoms with E-state index in [4.69, 9.17) is 14.2 Å². The number of methoxy groups -OCH3 is 1. The minimum absolute atomic E-state index is 0.0346. The normalized spacial score (nSPS) is 44.8. The van der Waals surface area contributed by atoms with Crippen molar-refractivity contribution in [2.75, 3.05) is 26.9 Å². The fourth-order valence-corrected chi connectivity index (χ4v) is 4.20. The van der Waals surface area contributed by atoms with Crippen molar-refractivity contribution >= 4 is 5.78 Å². The van der Waals surface area contributed by atoms with Crippen LogP contribution in [0.1, 0.15) is 26.7 Å². The molecule has 0 unspecified atom stereocenters. The second kappa shape index (κ2) is 5.93. The van der Waals surface area contributed by atoms with Crippen molar-refractivity contribution in [2.45, 2.75) is 56.3 Å². The van der Waals surface area contributed by atoms with Gasteiger partial charge in [0.1, 0.15) is 23.9 Å². The molecule has 1 spiro atoms. The lowest BCUT2D eigenvalue weighted by Gasteiger charge is -2.40. The standard InChI is InChI=1S/C16H23F3O5/c1-9-6-15(7-23-15)13(12(21-3)11(9)20)14(2)10(24-14)4-5-22-8-16(17,18)19/h9-10,12-13H,4-8H2,1-3H3/t9-,10-,12-,13-,14-,15+/m1/s1. The van der Waals surface area contributed by atoms with Crippen molar-refractivity contribution in [1.82, 2.24) is 0 Å². The lowest BCUT2D eigenvalue weighted by atomic mass is 9.66. The van der Waals surface area contributed by atoms with Crippen LogP contribution in [0.5, 0.6) is 0 Å². The summed E-state index contributed by atoms with van der Waals surface area (Å²) >= 11 is 0. The van der Waals surface area contributed by atoms with E-state index in [2.05, 4.69) is 4.74 Å². The highest BCUT2D eigenvalue weighted by Gasteiger charge is 2.72. The number of hydrogen-bond acceptors (Lipinski definition) is 5. The predicted molar refractivity (Wildman–Crippen MR) is 76.5 cm³/mol. The topological polar surface area (TPSA) is 60.6 Å². The summed E-state index contributed by atoms with van der Waals surface area (Å²) in [6.45, 7) is 3.01. The molecule has 1 aliphatic carbocycles. The smallest absolute Gasteiger partial charge is 0.373 e. The van der Waals surface area contributed by atoms with Gasteiger partial charge >= 0.3 is 6.18 Å². The number of epoxide rings is 2. The van der Waals surface area contributed by atoms with E-state index in [1.54, 1.807) is 0 Å². The molecule has 2 heterocycles. The highest BCUT2D eigenvalue weighted by atomic mass is 19.4. The van der Waals surface area contributed by atoms with Crippen molar-refractivity contribution in [3.8, 4) is 0 Å². The summed E-state index contributed by atoms with van der Waals surface area (Å²) in [5.41, 5.74) is -1.04. The van der Waals surface area contributed by atoms with Crippen LogP contribution in [0.15, 0.2) is 0 Å². The van der Waals surface area contributed by atoms with Crippen molar-refractivity contribution in [1.29, 1.82) is 0 Å². The van der Waals surface area contributed by atoms with Gasteiger partial charge in [-0.1, -0.05) is 6.92 Å². The van der Waals surface area contributed by atoms with E-state index in [0.29, 0.717) is 19.4 Å². The molecular weight excluding hydrogens is 329 g/mol. The molecule has 1 saturated carbocycles. The molecule has 24 heavy (non-hydrogen) atoms. The van der Waals surface area contributed by atoms with E-state index in [1.807, 2.05) is 13.8 Å². The molecular formula is C16H23F3O5. The molecule has 5 nitrogen and oxygen atoms in total. The first kappa shape index (κ1) is 18.1. The van der Waals surface area contributed by atoms with E-state index in [0.717, 1.165) is 0 Å². The van der Waals surface area contributed by atoms with Gasteiger partial charge in [-0.05, 0) is 19.8 Å². The Hall–Kier alpha value is -0.700. The van der Waals surface area contributed by atoms with E-state index >= 15 is 0 Å². The minimum atomic E-state index is -4.33. The third kappa shape index (κ3) is 3.21. The van der Waals surface area contributed by atoms with Crippen molar-refractivity contribution in [2.24, 2.45) is 11.8 Å². The molecule has 0 amide bonds. The van der Waals surface area contributed by atoms with Gasteiger partial charge < -0.3 is 18.9 Å². The number of ketones is 1. The van der Waals surface area contributed by atoms with Gasteiger partial charge in [-0.3, -0.25) is 4.79 Å². The molecule has 138 valence electrons. The Balaban J connectivity index is 1.62. The third-order valence-electron chi connectivity index (χ3n) is 5.44. The number of carbonyl (C=O) groups is 1. The fourth-order valence-electron chi connectivity index (χ4n) is 4.20. The molecule has 3 rings (SSSR count). The largest absolute Gasteiger partial charge is 0.411 e. The second-order valence-corrected chi connectivity index (χ2v) is 7.24. The Labute approximate surface area is 138 Å². The number of alkyl halides is 3. The highest BCUT2D eigenvalue weighted by Crippen LogP contribution is 2.59. The zero-order valence-electron chi connectivity index (χ0n) is 14.0. The second-order valence-electron chi connectivity index (χ2n) is 7.24. The number of hydrogen-bond donors (Lipinski definition) is 0. The molecule has 8 heteroatoms. The van der Waals surface area contributed by atoms with Gasteiger partial charge in [0, 0.05) is 19.6 Å². The molecule has 0 aromatic rings. The van der Waals surface area contributed by atoms with Crippen molar-refractivity contribution < 1.29 is 36.9 Å². The molecule has 0 N–H and O–H groups in total. The van der Waals surface area contributed by atoms with E-state index in [9.17, 15) is 18.0 Å². The Morgan fingerprint density at radius 3 is 2.58 bits per heavy atom. The van der Waals surface area contributed by atoms with E-state index in [-0.39, 0.29) is 30.3 Å². The van der Waals surface area contributed by atoms with Crippen LogP contribution in [0.3, 0.4) is 0 Å². The summed E-state index contributed by atoms with van der Waals surface area (Å²) in [5, 5.41) is 0. The molecule has 0 aromatic heterocycles.